The van der Waals surface area contributed by atoms with Crippen LogP contribution < -0.4 is 5.73 Å². The molecule has 1 heterocycles. The zero-order chi connectivity index (χ0) is 11.5. The molecule has 2 N–H and O–H groups in total. The maximum atomic E-state index is 5.77. The number of hydrogen-bond donors (Lipinski definition) is 1. The zero-order valence-electron chi connectivity index (χ0n) is 9.81. The number of fused-ring (bicyclic) bond motifs is 1. The number of nitrogens with two attached hydrogens (primary N) is 1. The second-order valence-corrected chi connectivity index (χ2v) is 4.58. The van der Waals surface area contributed by atoms with E-state index < -0.39 is 0 Å². The molecule has 0 spiro atoms. The summed E-state index contributed by atoms with van der Waals surface area (Å²) < 4.78 is 5.73. The summed E-state index contributed by atoms with van der Waals surface area (Å²) in [5, 5.41) is 0. The molecule has 0 amide bonds. The Kier molecular flexibility index (Phi) is 3.25. The summed E-state index contributed by atoms with van der Waals surface area (Å²) in [6, 6.07) is 7.83. The molecule has 3 nitrogen and oxygen atoms in total. The van der Waals surface area contributed by atoms with Crippen LogP contribution in [0.2, 0.25) is 0 Å². The zero-order valence-corrected chi connectivity index (χ0v) is 9.81. The highest BCUT2D eigenvalue weighted by Gasteiger charge is 2.17. The first-order valence-electron chi connectivity index (χ1n) is 5.76. The standard InChI is InChI=1S/C13H18N2O/c1-9(2)7-10(8-14)13-15-11-5-3-4-6-12(11)16-13/h3-6,9-10H,7-8,14H2,1-2H3. The molecule has 0 saturated heterocycles. The average molecular weight is 218 g/mol. The first-order valence-corrected chi connectivity index (χ1v) is 5.76. The summed E-state index contributed by atoms with van der Waals surface area (Å²) in [5.74, 6) is 1.60. The maximum absolute atomic E-state index is 5.77. The van der Waals surface area contributed by atoms with E-state index in [1.54, 1.807) is 0 Å². The van der Waals surface area contributed by atoms with Gasteiger partial charge < -0.3 is 10.2 Å². The van der Waals surface area contributed by atoms with Gasteiger partial charge in [-0.25, -0.2) is 4.98 Å². The van der Waals surface area contributed by atoms with Crippen molar-refractivity contribution in [1.29, 1.82) is 0 Å². The first-order chi connectivity index (χ1) is 7.70. The van der Waals surface area contributed by atoms with Crippen molar-refractivity contribution in [3.05, 3.63) is 30.2 Å². The quantitative estimate of drug-likeness (QED) is 0.858. The number of benzene rings is 1. The lowest BCUT2D eigenvalue weighted by atomic mass is 9.97. The largest absolute Gasteiger partial charge is 0.440 e. The maximum Gasteiger partial charge on any atom is 0.199 e. The highest BCUT2D eigenvalue weighted by Crippen LogP contribution is 2.25. The molecule has 0 radical (unpaired) electrons. The van der Waals surface area contributed by atoms with E-state index in [0.29, 0.717) is 12.5 Å². The molecular weight excluding hydrogens is 200 g/mol. The Balaban J connectivity index is 2.30. The first kappa shape index (κ1) is 11.1. The van der Waals surface area contributed by atoms with Gasteiger partial charge in [0.2, 0.25) is 0 Å². The van der Waals surface area contributed by atoms with Crippen LogP contribution in [0.1, 0.15) is 32.1 Å². The van der Waals surface area contributed by atoms with Crippen molar-refractivity contribution in [3.8, 4) is 0 Å². The second-order valence-electron chi connectivity index (χ2n) is 4.58. The van der Waals surface area contributed by atoms with Crippen LogP contribution in [0.25, 0.3) is 11.1 Å². The summed E-state index contributed by atoms with van der Waals surface area (Å²) in [7, 11) is 0. The predicted molar refractivity (Wildman–Crippen MR) is 65.3 cm³/mol. The number of aromatic nitrogens is 1. The van der Waals surface area contributed by atoms with Crippen LogP contribution in [-0.2, 0) is 0 Å². The molecule has 1 aromatic heterocycles. The fourth-order valence-corrected chi connectivity index (χ4v) is 1.93. The van der Waals surface area contributed by atoms with E-state index in [4.69, 9.17) is 10.2 Å². The van der Waals surface area contributed by atoms with Crippen LogP contribution in [0.3, 0.4) is 0 Å². The van der Waals surface area contributed by atoms with Crippen molar-refractivity contribution in [2.24, 2.45) is 11.7 Å². The molecule has 1 unspecified atom stereocenters. The van der Waals surface area contributed by atoms with Gasteiger partial charge in [-0.15, -0.1) is 0 Å². The van der Waals surface area contributed by atoms with E-state index in [9.17, 15) is 0 Å². The van der Waals surface area contributed by atoms with Crippen LogP contribution >= 0.6 is 0 Å². The molecule has 0 bridgehead atoms. The Morgan fingerprint density at radius 1 is 1.31 bits per heavy atom. The normalized spacial score (nSPS) is 13.5. The Morgan fingerprint density at radius 3 is 2.69 bits per heavy atom. The van der Waals surface area contributed by atoms with E-state index in [0.717, 1.165) is 23.4 Å². The van der Waals surface area contributed by atoms with Gasteiger partial charge in [-0.3, -0.25) is 0 Å². The Hall–Kier alpha value is -1.35. The number of hydrogen-bond acceptors (Lipinski definition) is 3. The summed E-state index contributed by atoms with van der Waals surface area (Å²) in [6.45, 7) is 4.96. The fraction of sp³-hybridized carbons (Fsp3) is 0.462. The molecule has 0 fully saturated rings. The minimum Gasteiger partial charge on any atom is -0.440 e. The van der Waals surface area contributed by atoms with Crippen LogP contribution in [0.4, 0.5) is 0 Å². The van der Waals surface area contributed by atoms with Gasteiger partial charge in [0, 0.05) is 12.5 Å². The fourth-order valence-electron chi connectivity index (χ4n) is 1.93. The van der Waals surface area contributed by atoms with Crippen molar-refractivity contribution in [1.82, 2.24) is 4.98 Å². The third-order valence-electron chi connectivity index (χ3n) is 2.70. The number of rotatable bonds is 4. The van der Waals surface area contributed by atoms with Crippen LogP contribution in [0, 0.1) is 5.92 Å². The van der Waals surface area contributed by atoms with Crippen molar-refractivity contribution in [2.75, 3.05) is 6.54 Å². The van der Waals surface area contributed by atoms with Gasteiger partial charge in [0.1, 0.15) is 5.52 Å². The monoisotopic (exact) mass is 218 g/mol. The SMILES string of the molecule is CC(C)CC(CN)c1nc2ccccc2o1. The molecule has 86 valence electrons. The molecule has 2 rings (SSSR count). The Labute approximate surface area is 95.7 Å². The van der Waals surface area contributed by atoms with Crippen molar-refractivity contribution in [2.45, 2.75) is 26.2 Å². The molecular formula is C13H18N2O. The van der Waals surface area contributed by atoms with E-state index in [-0.39, 0.29) is 5.92 Å². The Morgan fingerprint density at radius 2 is 2.06 bits per heavy atom. The van der Waals surface area contributed by atoms with Crippen molar-refractivity contribution >= 4 is 11.1 Å². The van der Waals surface area contributed by atoms with Crippen LogP contribution in [0.15, 0.2) is 28.7 Å². The Bertz CT molecular complexity index is 429. The predicted octanol–water partition coefficient (Wildman–Crippen LogP) is 2.92. The molecule has 3 heteroatoms. The van der Waals surface area contributed by atoms with Gasteiger partial charge in [0.05, 0.1) is 0 Å². The third kappa shape index (κ3) is 2.25. The van der Waals surface area contributed by atoms with Gasteiger partial charge in [0.15, 0.2) is 11.5 Å². The van der Waals surface area contributed by atoms with Gasteiger partial charge in [-0.1, -0.05) is 26.0 Å². The van der Waals surface area contributed by atoms with E-state index in [2.05, 4.69) is 18.8 Å². The smallest absolute Gasteiger partial charge is 0.199 e. The minimum atomic E-state index is 0.229. The van der Waals surface area contributed by atoms with Gasteiger partial charge in [-0.2, -0.15) is 0 Å². The molecule has 0 saturated carbocycles. The topological polar surface area (TPSA) is 52.0 Å². The van der Waals surface area contributed by atoms with Crippen molar-refractivity contribution < 1.29 is 4.42 Å². The number of para-hydroxylation sites is 2. The molecule has 0 aliphatic heterocycles. The third-order valence-corrected chi connectivity index (χ3v) is 2.70. The summed E-state index contributed by atoms with van der Waals surface area (Å²) >= 11 is 0. The van der Waals surface area contributed by atoms with Gasteiger partial charge >= 0.3 is 0 Å². The van der Waals surface area contributed by atoms with E-state index >= 15 is 0 Å². The lowest BCUT2D eigenvalue weighted by molar-refractivity contribution is 0.414. The van der Waals surface area contributed by atoms with E-state index in [1.165, 1.54) is 0 Å². The molecule has 2 aromatic rings. The summed E-state index contributed by atoms with van der Waals surface area (Å²) in [6.07, 6.45) is 1.02. The number of oxazole rings is 1. The summed E-state index contributed by atoms with van der Waals surface area (Å²) in [4.78, 5) is 4.49. The highest BCUT2D eigenvalue weighted by atomic mass is 16.3. The lowest BCUT2D eigenvalue weighted by Crippen LogP contribution is -2.14. The van der Waals surface area contributed by atoms with Gasteiger partial charge in [-0.05, 0) is 24.5 Å². The van der Waals surface area contributed by atoms with Gasteiger partial charge in [0.25, 0.3) is 0 Å². The summed E-state index contributed by atoms with van der Waals surface area (Å²) in [5.41, 5.74) is 7.54. The van der Waals surface area contributed by atoms with E-state index in [1.807, 2.05) is 24.3 Å². The molecule has 1 atom stereocenters. The molecule has 0 aliphatic rings. The minimum absolute atomic E-state index is 0.229. The molecule has 1 aromatic carbocycles. The van der Waals surface area contributed by atoms with Crippen LogP contribution in [-0.4, -0.2) is 11.5 Å². The average Bonchev–Trinajstić information content (AvgIpc) is 2.68. The molecule has 16 heavy (non-hydrogen) atoms. The highest BCUT2D eigenvalue weighted by molar-refractivity contribution is 5.72. The second kappa shape index (κ2) is 4.66. The lowest BCUT2D eigenvalue weighted by Gasteiger charge is -2.12. The molecule has 0 aliphatic carbocycles. The van der Waals surface area contributed by atoms with Crippen molar-refractivity contribution in [3.63, 3.8) is 0 Å². The van der Waals surface area contributed by atoms with Crippen LogP contribution in [0.5, 0.6) is 0 Å². The number of nitrogens with zero attached hydrogens (tertiary/aromatic N) is 1.